The number of ether oxygens (including phenoxy) is 4. The van der Waals surface area contributed by atoms with Crippen molar-refractivity contribution in [3.05, 3.63) is 95.1 Å². The molecule has 1 spiro atoms. The molecule has 4 aliphatic heterocycles. The Kier molecular flexibility index (Phi) is 11.0. The monoisotopic (exact) mass is 723 g/mol. The van der Waals surface area contributed by atoms with E-state index in [0.717, 1.165) is 65.9 Å². The number of likely N-dealkylation sites (tertiary alicyclic amines) is 2. The van der Waals surface area contributed by atoms with E-state index < -0.39 is 36.1 Å². The number of hydrogen-bond donors (Lipinski definition) is 2. The standard InChI is InChI=1S/C39H44F3N3O7/c40-39(41,42)37(48)45-17-3-6-33(45)35(47)43-23-30-4-1-2-5-32(30)27-11-13-29(14-12-27)36-51-31(22-34(52-36)28-9-7-26(25-46)8-10-28)24-44-18-15-38(16-19-44)49-20-21-50-38/h1-2,4-5,7-14,31,33-34,36,46H,3,6,15-25H2,(H,43,47). The molecule has 3 aromatic rings. The van der Waals surface area contributed by atoms with E-state index in [4.69, 9.17) is 18.9 Å². The Labute approximate surface area is 300 Å². The number of nitrogens with zero attached hydrogens (tertiary/aromatic N) is 2. The van der Waals surface area contributed by atoms with Gasteiger partial charge in [0, 0.05) is 57.5 Å². The summed E-state index contributed by atoms with van der Waals surface area (Å²) in [4.78, 5) is 27.9. The lowest BCUT2D eigenvalue weighted by molar-refractivity contribution is -0.255. The van der Waals surface area contributed by atoms with E-state index in [1.54, 1.807) is 0 Å². The fraction of sp³-hybridized carbons (Fsp3) is 0.487. The first-order chi connectivity index (χ1) is 25.1. The van der Waals surface area contributed by atoms with Gasteiger partial charge in [-0.15, -0.1) is 0 Å². The second-order valence-corrected chi connectivity index (χ2v) is 13.9. The van der Waals surface area contributed by atoms with Crippen molar-refractivity contribution in [2.75, 3.05) is 39.4 Å². The molecule has 0 radical (unpaired) electrons. The number of benzene rings is 3. The van der Waals surface area contributed by atoms with Crippen molar-refractivity contribution in [3.8, 4) is 11.1 Å². The first-order valence-electron chi connectivity index (χ1n) is 18.0. The van der Waals surface area contributed by atoms with Crippen molar-refractivity contribution in [1.29, 1.82) is 0 Å². The summed E-state index contributed by atoms with van der Waals surface area (Å²) >= 11 is 0. The highest BCUT2D eigenvalue weighted by Crippen LogP contribution is 2.40. The second-order valence-electron chi connectivity index (χ2n) is 13.9. The zero-order valence-electron chi connectivity index (χ0n) is 28.9. The van der Waals surface area contributed by atoms with Gasteiger partial charge in [0.15, 0.2) is 12.1 Å². The van der Waals surface area contributed by atoms with Crippen LogP contribution in [0.2, 0.25) is 0 Å². The Balaban J connectivity index is 1.04. The maximum atomic E-state index is 13.1. The van der Waals surface area contributed by atoms with Crippen molar-refractivity contribution in [1.82, 2.24) is 15.1 Å². The Morgan fingerprint density at radius 3 is 2.27 bits per heavy atom. The van der Waals surface area contributed by atoms with Gasteiger partial charge in [-0.3, -0.25) is 9.59 Å². The maximum absolute atomic E-state index is 13.1. The lowest BCUT2D eigenvalue weighted by atomic mass is 9.97. The third kappa shape index (κ3) is 8.19. The predicted octanol–water partition coefficient (Wildman–Crippen LogP) is 5.40. The van der Waals surface area contributed by atoms with Gasteiger partial charge in [-0.2, -0.15) is 13.2 Å². The lowest BCUT2D eigenvalue weighted by Crippen LogP contribution is -2.50. The Bertz CT molecular complexity index is 1690. The molecule has 3 aromatic carbocycles. The van der Waals surface area contributed by atoms with E-state index in [9.17, 15) is 27.9 Å². The third-order valence-corrected chi connectivity index (χ3v) is 10.5. The zero-order valence-corrected chi connectivity index (χ0v) is 28.9. The summed E-state index contributed by atoms with van der Waals surface area (Å²) in [5, 5.41) is 12.3. The molecule has 4 fully saturated rings. The average Bonchev–Trinajstić information content (AvgIpc) is 3.85. The van der Waals surface area contributed by atoms with Gasteiger partial charge >= 0.3 is 12.1 Å². The Morgan fingerprint density at radius 1 is 0.885 bits per heavy atom. The molecule has 4 aliphatic rings. The minimum absolute atomic E-state index is 0.0337. The van der Waals surface area contributed by atoms with Gasteiger partial charge in [-0.05, 0) is 40.7 Å². The largest absolute Gasteiger partial charge is 0.471 e. The SMILES string of the molecule is O=C(NCc1ccccc1-c1ccc(C2OC(CN3CCC4(CC3)OCCO4)CC(c3ccc(CO)cc3)O2)cc1)C1CCCN1C(=O)C(F)(F)F. The summed E-state index contributed by atoms with van der Waals surface area (Å²) in [6, 6.07) is 22.0. The molecule has 0 bridgehead atoms. The van der Waals surface area contributed by atoms with Crippen LogP contribution in [0.1, 0.15) is 66.8 Å². The number of halogens is 3. The Hall–Kier alpha value is -3.85. The van der Waals surface area contributed by atoms with Gasteiger partial charge in [0.25, 0.3) is 0 Å². The molecule has 4 heterocycles. The minimum atomic E-state index is -5.03. The molecule has 4 atom stereocenters. The number of carbonyl (C=O) groups is 2. The van der Waals surface area contributed by atoms with Crippen LogP contribution in [-0.4, -0.2) is 90.2 Å². The fourth-order valence-electron chi connectivity index (χ4n) is 7.70. The van der Waals surface area contributed by atoms with Crippen molar-refractivity contribution in [2.45, 2.75) is 81.8 Å². The van der Waals surface area contributed by atoms with E-state index >= 15 is 0 Å². The van der Waals surface area contributed by atoms with Gasteiger partial charge in [-0.1, -0.05) is 72.8 Å². The highest BCUT2D eigenvalue weighted by Gasteiger charge is 2.47. The molecular weight excluding hydrogens is 679 g/mol. The molecule has 10 nitrogen and oxygen atoms in total. The number of aliphatic hydroxyl groups is 1. The van der Waals surface area contributed by atoms with Crippen LogP contribution in [0.15, 0.2) is 72.8 Å². The number of amides is 2. The molecule has 2 N–H and O–H groups in total. The van der Waals surface area contributed by atoms with Crippen LogP contribution in [-0.2, 0) is 41.7 Å². The smallest absolute Gasteiger partial charge is 0.392 e. The molecular formula is C39H44F3N3O7. The van der Waals surface area contributed by atoms with E-state index in [-0.39, 0.29) is 38.3 Å². The van der Waals surface area contributed by atoms with Crippen LogP contribution in [0, 0.1) is 0 Å². The molecule has 278 valence electrons. The van der Waals surface area contributed by atoms with Crippen molar-refractivity contribution in [2.24, 2.45) is 0 Å². The molecule has 52 heavy (non-hydrogen) atoms. The number of alkyl halides is 3. The van der Waals surface area contributed by atoms with Crippen LogP contribution in [0.5, 0.6) is 0 Å². The normalized spacial score (nSPS) is 25.0. The van der Waals surface area contributed by atoms with Crippen LogP contribution < -0.4 is 5.32 Å². The molecule has 0 saturated carbocycles. The highest BCUT2D eigenvalue weighted by atomic mass is 19.4. The summed E-state index contributed by atoms with van der Waals surface area (Å²) in [6.45, 7) is 3.66. The van der Waals surface area contributed by atoms with Crippen molar-refractivity contribution in [3.63, 3.8) is 0 Å². The van der Waals surface area contributed by atoms with Crippen molar-refractivity contribution < 1.29 is 46.8 Å². The number of rotatable bonds is 9. The molecule has 7 rings (SSSR count). The topological polar surface area (TPSA) is 110 Å². The van der Waals surface area contributed by atoms with Crippen LogP contribution in [0.25, 0.3) is 11.1 Å². The number of hydrogen-bond acceptors (Lipinski definition) is 8. The summed E-state index contributed by atoms with van der Waals surface area (Å²) in [6.07, 6.45) is -3.17. The predicted molar refractivity (Wildman–Crippen MR) is 183 cm³/mol. The molecule has 0 aliphatic carbocycles. The lowest BCUT2D eigenvalue weighted by Gasteiger charge is -2.41. The van der Waals surface area contributed by atoms with Crippen LogP contribution in [0.4, 0.5) is 13.2 Å². The zero-order chi connectivity index (χ0) is 36.3. The number of piperidine rings is 1. The first kappa shape index (κ1) is 36.5. The minimum Gasteiger partial charge on any atom is -0.392 e. The summed E-state index contributed by atoms with van der Waals surface area (Å²) in [7, 11) is 0. The van der Waals surface area contributed by atoms with Crippen LogP contribution in [0.3, 0.4) is 0 Å². The van der Waals surface area contributed by atoms with E-state index in [2.05, 4.69) is 10.2 Å². The maximum Gasteiger partial charge on any atom is 0.471 e. The van der Waals surface area contributed by atoms with Gasteiger partial charge < -0.3 is 39.2 Å². The third-order valence-electron chi connectivity index (χ3n) is 10.5. The summed E-state index contributed by atoms with van der Waals surface area (Å²) in [5.41, 5.74) is 5.20. The molecule has 13 heteroatoms. The van der Waals surface area contributed by atoms with E-state index in [1.807, 2.05) is 72.8 Å². The summed E-state index contributed by atoms with van der Waals surface area (Å²) < 4.78 is 64.3. The van der Waals surface area contributed by atoms with Gasteiger partial charge in [0.05, 0.1) is 32.0 Å². The second kappa shape index (κ2) is 15.6. The van der Waals surface area contributed by atoms with Gasteiger partial charge in [0.1, 0.15) is 6.04 Å². The molecule has 2 amide bonds. The summed E-state index contributed by atoms with van der Waals surface area (Å²) in [5.74, 6) is -3.04. The number of carbonyl (C=O) groups excluding carboxylic acids is 2. The number of nitrogens with one attached hydrogen (secondary N) is 1. The fourth-order valence-corrected chi connectivity index (χ4v) is 7.70. The first-order valence-corrected chi connectivity index (χ1v) is 18.0. The molecule has 4 unspecified atom stereocenters. The van der Waals surface area contributed by atoms with E-state index in [1.165, 1.54) is 0 Å². The van der Waals surface area contributed by atoms with Crippen molar-refractivity contribution >= 4 is 11.8 Å². The van der Waals surface area contributed by atoms with Gasteiger partial charge in [-0.25, -0.2) is 0 Å². The van der Waals surface area contributed by atoms with Gasteiger partial charge in [0.2, 0.25) is 5.91 Å². The molecule has 4 saturated heterocycles. The quantitative estimate of drug-likeness (QED) is 0.302. The molecule has 0 aromatic heterocycles. The average molecular weight is 724 g/mol. The highest BCUT2D eigenvalue weighted by molar-refractivity contribution is 5.90. The van der Waals surface area contributed by atoms with Crippen LogP contribution >= 0.6 is 0 Å². The number of aliphatic hydroxyl groups excluding tert-OH is 1. The van der Waals surface area contributed by atoms with E-state index in [0.29, 0.717) is 31.0 Å². The Morgan fingerprint density at radius 2 is 1.58 bits per heavy atom.